The van der Waals surface area contributed by atoms with Crippen LogP contribution in [0.15, 0.2) is 47.5 Å². The third kappa shape index (κ3) is 3.23. The Morgan fingerprint density at radius 3 is 2.75 bits per heavy atom. The molecule has 4 nitrogen and oxygen atoms in total. The highest BCUT2D eigenvalue weighted by Crippen LogP contribution is 2.20. The lowest BCUT2D eigenvalue weighted by atomic mass is 10.2. The molecule has 2 N–H and O–H groups in total. The minimum absolute atomic E-state index is 0.164. The summed E-state index contributed by atoms with van der Waals surface area (Å²) >= 11 is 1.53. The summed E-state index contributed by atoms with van der Waals surface area (Å²) in [5, 5.41) is 12.8. The second-order valence-corrected chi connectivity index (χ2v) is 5.32. The summed E-state index contributed by atoms with van der Waals surface area (Å²) < 4.78 is 1.84. The van der Waals surface area contributed by atoms with Gasteiger partial charge < -0.3 is 15.0 Å². The monoisotopic (exact) mass is 290 g/mol. The highest BCUT2D eigenvalue weighted by Gasteiger charge is 2.14. The maximum Gasteiger partial charge on any atom is 0.252 e. The van der Waals surface area contributed by atoms with Crippen LogP contribution in [0, 0.1) is 0 Å². The van der Waals surface area contributed by atoms with Crippen LogP contribution in [0.5, 0.6) is 0 Å². The van der Waals surface area contributed by atoms with Crippen molar-refractivity contribution in [2.75, 3.05) is 12.8 Å². The molecule has 106 valence electrons. The van der Waals surface area contributed by atoms with Gasteiger partial charge in [0.25, 0.3) is 5.91 Å². The van der Waals surface area contributed by atoms with Crippen molar-refractivity contribution >= 4 is 17.7 Å². The lowest BCUT2D eigenvalue weighted by Gasteiger charge is -2.14. The summed E-state index contributed by atoms with van der Waals surface area (Å²) in [6.07, 6.45) is 3.09. The third-order valence-corrected chi connectivity index (χ3v) is 3.93. The molecule has 0 radical (unpaired) electrons. The molecule has 0 bridgehead atoms. The van der Waals surface area contributed by atoms with Gasteiger partial charge in [0.05, 0.1) is 5.56 Å². The Labute approximate surface area is 122 Å². The number of carbonyl (C=O) groups excluding carboxylic acids is 1. The van der Waals surface area contributed by atoms with Crippen LogP contribution in [0.25, 0.3) is 0 Å². The number of rotatable bonds is 5. The van der Waals surface area contributed by atoms with Gasteiger partial charge in [-0.3, -0.25) is 4.79 Å². The number of thioether (sulfide) groups is 1. The lowest BCUT2D eigenvalue weighted by molar-refractivity contribution is 0.0909. The molecule has 2 rings (SSSR count). The molecule has 2 aromatic rings. The van der Waals surface area contributed by atoms with Gasteiger partial charge in [0.2, 0.25) is 0 Å². The molecular weight excluding hydrogens is 272 g/mol. The van der Waals surface area contributed by atoms with E-state index in [4.69, 9.17) is 0 Å². The molecule has 5 heteroatoms. The fourth-order valence-corrected chi connectivity index (χ4v) is 2.64. The Bertz CT molecular complexity index is 595. The molecule has 1 heterocycles. The minimum atomic E-state index is -0.708. The van der Waals surface area contributed by atoms with Gasteiger partial charge in [-0.1, -0.05) is 12.1 Å². The SMILES string of the molecule is CSc1ccccc1C(=O)NCC(O)c1cccn1C. The predicted octanol–water partition coefficient (Wildman–Crippen LogP) is 2.21. The molecule has 1 atom stereocenters. The van der Waals surface area contributed by atoms with Crippen molar-refractivity contribution < 1.29 is 9.90 Å². The first-order valence-corrected chi connectivity index (χ1v) is 7.56. The molecule has 1 unspecified atom stereocenters. The first-order chi connectivity index (χ1) is 9.63. The van der Waals surface area contributed by atoms with Crippen LogP contribution in [-0.4, -0.2) is 28.4 Å². The standard InChI is InChI=1S/C15H18N2O2S/c1-17-9-5-7-12(17)13(18)10-16-15(19)11-6-3-4-8-14(11)20-2/h3-9,13,18H,10H2,1-2H3,(H,16,19). The van der Waals surface area contributed by atoms with Gasteiger partial charge in [-0.25, -0.2) is 0 Å². The van der Waals surface area contributed by atoms with Gasteiger partial charge >= 0.3 is 0 Å². The zero-order valence-corrected chi connectivity index (χ0v) is 12.4. The van der Waals surface area contributed by atoms with E-state index in [2.05, 4.69) is 5.32 Å². The van der Waals surface area contributed by atoms with Crippen LogP contribution < -0.4 is 5.32 Å². The first-order valence-electron chi connectivity index (χ1n) is 6.34. The summed E-state index contributed by atoms with van der Waals surface area (Å²) in [6.45, 7) is 0.194. The maximum atomic E-state index is 12.1. The van der Waals surface area contributed by atoms with Gasteiger partial charge in [-0.2, -0.15) is 0 Å². The van der Waals surface area contributed by atoms with Crippen molar-refractivity contribution in [3.8, 4) is 0 Å². The molecule has 0 saturated heterocycles. The number of hydrogen-bond donors (Lipinski definition) is 2. The second-order valence-electron chi connectivity index (χ2n) is 4.47. The molecule has 0 aliphatic carbocycles. The Hall–Kier alpha value is -1.72. The van der Waals surface area contributed by atoms with E-state index in [1.54, 1.807) is 6.07 Å². The molecule has 0 spiro atoms. The number of carbonyl (C=O) groups is 1. The number of aliphatic hydroxyl groups is 1. The smallest absolute Gasteiger partial charge is 0.252 e. The predicted molar refractivity (Wildman–Crippen MR) is 80.9 cm³/mol. The largest absolute Gasteiger partial charge is 0.385 e. The van der Waals surface area contributed by atoms with Crippen molar-refractivity contribution in [3.63, 3.8) is 0 Å². The Morgan fingerprint density at radius 1 is 1.35 bits per heavy atom. The quantitative estimate of drug-likeness (QED) is 0.830. The molecule has 0 fully saturated rings. The normalized spacial score (nSPS) is 12.2. The molecule has 0 aliphatic heterocycles. The summed E-state index contributed by atoms with van der Waals surface area (Å²) in [6, 6.07) is 11.1. The molecule has 0 aliphatic rings. The molecule has 0 saturated carbocycles. The molecule has 20 heavy (non-hydrogen) atoms. The van der Waals surface area contributed by atoms with Crippen LogP contribution >= 0.6 is 11.8 Å². The van der Waals surface area contributed by atoms with Crippen molar-refractivity contribution in [2.24, 2.45) is 7.05 Å². The summed E-state index contributed by atoms with van der Waals surface area (Å²) in [4.78, 5) is 13.1. The lowest BCUT2D eigenvalue weighted by Crippen LogP contribution is -2.29. The van der Waals surface area contributed by atoms with E-state index in [1.165, 1.54) is 11.8 Å². The van der Waals surface area contributed by atoms with Crippen LogP contribution in [0.4, 0.5) is 0 Å². The Morgan fingerprint density at radius 2 is 2.10 bits per heavy atom. The third-order valence-electron chi connectivity index (χ3n) is 3.13. The van der Waals surface area contributed by atoms with E-state index < -0.39 is 6.10 Å². The second kappa shape index (κ2) is 6.63. The van der Waals surface area contributed by atoms with Gasteiger partial charge in [-0.15, -0.1) is 11.8 Å². The van der Waals surface area contributed by atoms with E-state index in [0.29, 0.717) is 5.56 Å². The van der Waals surface area contributed by atoms with Crippen molar-refractivity contribution in [1.29, 1.82) is 0 Å². The number of aliphatic hydroxyl groups excluding tert-OH is 1. The highest BCUT2D eigenvalue weighted by atomic mass is 32.2. The molecule has 1 amide bonds. The zero-order chi connectivity index (χ0) is 14.5. The molecule has 1 aromatic carbocycles. The van der Waals surface area contributed by atoms with Crippen LogP contribution in [0.2, 0.25) is 0 Å². The van der Waals surface area contributed by atoms with E-state index in [0.717, 1.165) is 10.6 Å². The fourth-order valence-electron chi connectivity index (χ4n) is 2.04. The average Bonchev–Trinajstić information content (AvgIpc) is 2.90. The number of aryl methyl sites for hydroxylation is 1. The van der Waals surface area contributed by atoms with E-state index >= 15 is 0 Å². The van der Waals surface area contributed by atoms with Gasteiger partial charge in [0, 0.05) is 30.4 Å². The van der Waals surface area contributed by atoms with E-state index in [-0.39, 0.29) is 12.5 Å². The number of amides is 1. The summed E-state index contributed by atoms with van der Waals surface area (Å²) in [5.74, 6) is -0.164. The van der Waals surface area contributed by atoms with E-state index in [9.17, 15) is 9.90 Å². The van der Waals surface area contributed by atoms with Crippen LogP contribution in [-0.2, 0) is 7.05 Å². The maximum absolute atomic E-state index is 12.1. The number of aromatic nitrogens is 1. The first kappa shape index (κ1) is 14.7. The minimum Gasteiger partial charge on any atom is -0.385 e. The van der Waals surface area contributed by atoms with Gasteiger partial charge in [-0.05, 0) is 30.5 Å². The Kier molecular flexibility index (Phi) is 4.87. The van der Waals surface area contributed by atoms with Crippen molar-refractivity contribution in [2.45, 2.75) is 11.0 Å². The van der Waals surface area contributed by atoms with Crippen LogP contribution in [0.3, 0.4) is 0 Å². The number of nitrogens with zero attached hydrogens (tertiary/aromatic N) is 1. The molecular formula is C15H18N2O2S. The Balaban J connectivity index is 2.00. The number of hydrogen-bond acceptors (Lipinski definition) is 3. The topological polar surface area (TPSA) is 54.3 Å². The van der Waals surface area contributed by atoms with Crippen LogP contribution in [0.1, 0.15) is 22.2 Å². The van der Waals surface area contributed by atoms with Crippen molar-refractivity contribution in [3.05, 3.63) is 53.9 Å². The summed E-state index contributed by atoms with van der Waals surface area (Å²) in [5.41, 5.74) is 1.42. The average molecular weight is 290 g/mol. The highest BCUT2D eigenvalue weighted by molar-refractivity contribution is 7.98. The number of nitrogens with one attached hydrogen (secondary N) is 1. The zero-order valence-electron chi connectivity index (χ0n) is 11.5. The fraction of sp³-hybridized carbons (Fsp3) is 0.267. The van der Waals surface area contributed by atoms with Gasteiger partial charge in [0.1, 0.15) is 6.10 Å². The molecule has 1 aromatic heterocycles. The number of benzene rings is 1. The van der Waals surface area contributed by atoms with Gasteiger partial charge in [0.15, 0.2) is 0 Å². The summed E-state index contributed by atoms with van der Waals surface area (Å²) in [7, 11) is 1.86. The van der Waals surface area contributed by atoms with Crippen molar-refractivity contribution in [1.82, 2.24) is 9.88 Å². The van der Waals surface area contributed by atoms with E-state index in [1.807, 2.05) is 54.4 Å².